The van der Waals surface area contributed by atoms with Crippen molar-refractivity contribution in [3.63, 3.8) is 0 Å². The minimum absolute atomic E-state index is 0.116. The number of hydrogen-bond donors (Lipinski definition) is 1. The molecule has 31 heavy (non-hydrogen) atoms. The molecule has 2 aromatic carbocycles. The number of nitrogens with one attached hydrogen (secondary N) is 1. The minimum Gasteiger partial charge on any atom is -0.333 e. The number of aromatic nitrogens is 3. The highest BCUT2D eigenvalue weighted by Crippen LogP contribution is 2.23. The highest BCUT2D eigenvalue weighted by molar-refractivity contribution is 7.98. The Morgan fingerprint density at radius 3 is 2.71 bits per heavy atom. The smallest absolute Gasteiger partial charge is 0.263 e. The van der Waals surface area contributed by atoms with Gasteiger partial charge in [-0.3, -0.25) is 9.59 Å². The third-order valence-corrected chi connectivity index (χ3v) is 5.46. The van der Waals surface area contributed by atoms with Crippen molar-refractivity contribution in [2.75, 3.05) is 11.6 Å². The average Bonchev–Trinajstić information content (AvgIpc) is 3.25. The number of pyridine rings is 1. The molecule has 8 heteroatoms. The van der Waals surface area contributed by atoms with Crippen molar-refractivity contribution in [2.45, 2.75) is 18.4 Å². The molecular formula is C23H20N4O3S. The molecule has 4 aromatic rings. The fourth-order valence-corrected chi connectivity index (χ4v) is 3.61. The standard InChI is InChI=1S/C23H20N4O3S/c1-15-7-3-4-10-18(15)21-25-22(30-26-21)19-11-6-12-27(23(19)29)14-20(28)24-16-8-5-9-17(13-16)31-2/h3-13H,14H2,1-2H3,(H,24,28). The fraction of sp³-hybridized carbons (Fsp3) is 0.130. The van der Waals surface area contributed by atoms with Gasteiger partial charge in [0.15, 0.2) is 0 Å². The Hall–Kier alpha value is -3.65. The summed E-state index contributed by atoms with van der Waals surface area (Å²) in [4.78, 5) is 30.8. The van der Waals surface area contributed by atoms with E-state index in [0.29, 0.717) is 11.5 Å². The number of rotatable bonds is 6. The zero-order valence-electron chi connectivity index (χ0n) is 17.0. The van der Waals surface area contributed by atoms with Crippen LogP contribution in [0.15, 0.2) is 81.1 Å². The third-order valence-electron chi connectivity index (χ3n) is 4.73. The first kappa shape index (κ1) is 20.6. The van der Waals surface area contributed by atoms with Crippen LogP contribution in [0.5, 0.6) is 0 Å². The summed E-state index contributed by atoms with van der Waals surface area (Å²) in [5, 5.41) is 6.83. The van der Waals surface area contributed by atoms with Gasteiger partial charge in [-0.25, -0.2) is 0 Å². The van der Waals surface area contributed by atoms with Crippen LogP contribution in [0.1, 0.15) is 5.56 Å². The summed E-state index contributed by atoms with van der Waals surface area (Å²) in [6.45, 7) is 1.82. The molecule has 0 aliphatic rings. The highest BCUT2D eigenvalue weighted by atomic mass is 32.2. The molecule has 1 N–H and O–H groups in total. The normalized spacial score (nSPS) is 10.8. The number of thioether (sulfide) groups is 1. The van der Waals surface area contributed by atoms with Crippen molar-refractivity contribution in [2.24, 2.45) is 0 Å². The molecule has 0 radical (unpaired) electrons. The maximum absolute atomic E-state index is 12.9. The second-order valence-corrected chi connectivity index (χ2v) is 7.75. The van der Waals surface area contributed by atoms with Crippen molar-refractivity contribution < 1.29 is 9.32 Å². The Balaban J connectivity index is 1.55. The van der Waals surface area contributed by atoms with Gasteiger partial charge in [-0.15, -0.1) is 11.8 Å². The maximum atomic E-state index is 12.9. The van der Waals surface area contributed by atoms with Gasteiger partial charge < -0.3 is 14.4 Å². The van der Waals surface area contributed by atoms with E-state index in [1.54, 1.807) is 30.1 Å². The molecule has 0 fully saturated rings. The quantitative estimate of drug-likeness (QED) is 0.459. The Morgan fingerprint density at radius 2 is 1.90 bits per heavy atom. The largest absolute Gasteiger partial charge is 0.333 e. The fourth-order valence-electron chi connectivity index (χ4n) is 3.15. The molecule has 0 saturated heterocycles. The van der Waals surface area contributed by atoms with Gasteiger partial charge in [0.1, 0.15) is 12.1 Å². The second-order valence-electron chi connectivity index (χ2n) is 6.87. The van der Waals surface area contributed by atoms with E-state index in [0.717, 1.165) is 16.0 Å². The second kappa shape index (κ2) is 9.01. The highest BCUT2D eigenvalue weighted by Gasteiger charge is 2.16. The van der Waals surface area contributed by atoms with Crippen LogP contribution in [0.3, 0.4) is 0 Å². The minimum atomic E-state index is -0.379. The Kier molecular flexibility index (Phi) is 5.99. The molecule has 0 saturated carbocycles. The average molecular weight is 433 g/mol. The van der Waals surface area contributed by atoms with E-state index in [-0.39, 0.29) is 29.5 Å². The first-order valence-electron chi connectivity index (χ1n) is 9.58. The van der Waals surface area contributed by atoms with Gasteiger partial charge in [0.25, 0.3) is 11.4 Å². The lowest BCUT2D eigenvalue weighted by Crippen LogP contribution is -2.28. The molecule has 0 aliphatic carbocycles. The van der Waals surface area contributed by atoms with E-state index in [4.69, 9.17) is 4.52 Å². The van der Waals surface area contributed by atoms with Crippen LogP contribution in [-0.2, 0) is 11.3 Å². The van der Waals surface area contributed by atoms with E-state index >= 15 is 0 Å². The van der Waals surface area contributed by atoms with Gasteiger partial charge >= 0.3 is 0 Å². The maximum Gasteiger partial charge on any atom is 0.263 e. The summed E-state index contributed by atoms with van der Waals surface area (Å²) in [7, 11) is 0. The van der Waals surface area contributed by atoms with E-state index in [2.05, 4.69) is 15.5 Å². The molecule has 7 nitrogen and oxygen atoms in total. The number of anilines is 1. The monoisotopic (exact) mass is 432 g/mol. The van der Waals surface area contributed by atoms with Crippen molar-refractivity contribution >= 4 is 23.4 Å². The van der Waals surface area contributed by atoms with Crippen LogP contribution in [-0.4, -0.2) is 26.9 Å². The molecule has 0 atom stereocenters. The number of amides is 1. The number of carbonyl (C=O) groups is 1. The SMILES string of the molecule is CSc1cccc(NC(=O)Cn2cccc(-c3nc(-c4ccccc4C)no3)c2=O)c1. The third kappa shape index (κ3) is 4.59. The number of nitrogens with zero attached hydrogens (tertiary/aromatic N) is 3. The predicted molar refractivity (Wildman–Crippen MR) is 121 cm³/mol. The van der Waals surface area contributed by atoms with Gasteiger partial charge in [0, 0.05) is 22.3 Å². The van der Waals surface area contributed by atoms with E-state index < -0.39 is 0 Å². The molecule has 2 aromatic heterocycles. The molecule has 0 spiro atoms. The molecule has 0 unspecified atom stereocenters. The summed E-state index contributed by atoms with van der Waals surface area (Å²) >= 11 is 1.59. The van der Waals surface area contributed by atoms with Gasteiger partial charge in [0.05, 0.1) is 0 Å². The number of benzene rings is 2. The molecule has 1 amide bonds. The van der Waals surface area contributed by atoms with Crippen molar-refractivity contribution in [3.05, 3.63) is 82.8 Å². The van der Waals surface area contributed by atoms with Crippen LogP contribution in [0.4, 0.5) is 5.69 Å². The van der Waals surface area contributed by atoms with Crippen LogP contribution in [0.25, 0.3) is 22.8 Å². The van der Waals surface area contributed by atoms with Crippen molar-refractivity contribution in [1.82, 2.24) is 14.7 Å². The molecule has 2 heterocycles. The Bertz CT molecular complexity index is 1300. The summed E-state index contributed by atoms with van der Waals surface area (Å²) in [6, 6.07) is 18.5. The molecule has 156 valence electrons. The van der Waals surface area contributed by atoms with E-state index in [9.17, 15) is 9.59 Å². The summed E-state index contributed by atoms with van der Waals surface area (Å²) < 4.78 is 6.66. The van der Waals surface area contributed by atoms with Gasteiger partial charge in [-0.1, -0.05) is 35.5 Å². The van der Waals surface area contributed by atoms with Crippen LogP contribution in [0.2, 0.25) is 0 Å². The van der Waals surface area contributed by atoms with Crippen LogP contribution >= 0.6 is 11.8 Å². The summed E-state index contributed by atoms with van der Waals surface area (Å²) in [6.07, 6.45) is 3.52. The van der Waals surface area contributed by atoms with Gasteiger partial charge in [-0.05, 0) is 49.1 Å². The summed E-state index contributed by atoms with van der Waals surface area (Å²) in [5.41, 5.74) is 2.38. The number of carbonyl (C=O) groups excluding carboxylic acids is 1. The van der Waals surface area contributed by atoms with Crippen LogP contribution in [0, 0.1) is 6.92 Å². The van der Waals surface area contributed by atoms with Crippen molar-refractivity contribution in [1.29, 1.82) is 0 Å². The first-order valence-corrected chi connectivity index (χ1v) is 10.8. The van der Waals surface area contributed by atoms with E-state index in [1.165, 1.54) is 4.57 Å². The Labute approximate surface area is 183 Å². The lowest BCUT2D eigenvalue weighted by Gasteiger charge is -2.09. The summed E-state index contributed by atoms with van der Waals surface area (Å²) in [5.74, 6) is 0.226. The number of aryl methyl sites for hydroxylation is 1. The molecular weight excluding hydrogens is 412 g/mol. The lowest BCUT2D eigenvalue weighted by atomic mass is 10.1. The predicted octanol–water partition coefficient (Wildman–Crippen LogP) is 4.23. The van der Waals surface area contributed by atoms with Crippen molar-refractivity contribution in [3.8, 4) is 22.8 Å². The zero-order chi connectivity index (χ0) is 21.8. The number of hydrogen-bond acceptors (Lipinski definition) is 6. The molecule has 4 rings (SSSR count). The zero-order valence-corrected chi connectivity index (χ0v) is 17.8. The Morgan fingerprint density at radius 1 is 1.10 bits per heavy atom. The van der Waals surface area contributed by atoms with Crippen LogP contribution < -0.4 is 10.9 Å². The van der Waals surface area contributed by atoms with Gasteiger partial charge in [-0.2, -0.15) is 4.98 Å². The molecule has 0 aliphatic heterocycles. The lowest BCUT2D eigenvalue weighted by molar-refractivity contribution is -0.116. The topological polar surface area (TPSA) is 90.0 Å². The van der Waals surface area contributed by atoms with Gasteiger partial charge in [0.2, 0.25) is 11.7 Å². The van der Waals surface area contributed by atoms with E-state index in [1.807, 2.05) is 61.7 Å². The molecule has 0 bridgehead atoms. The first-order chi connectivity index (χ1) is 15.0.